The van der Waals surface area contributed by atoms with Gasteiger partial charge < -0.3 is 14.8 Å². The third-order valence-corrected chi connectivity index (χ3v) is 5.59. The van der Waals surface area contributed by atoms with E-state index in [2.05, 4.69) is 26.2 Å². The molecule has 2 heterocycles. The van der Waals surface area contributed by atoms with Gasteiger partial charge in [-0.1, -0.05) is 28.1 Å². The fourth-order valence-corrected chi connectivity index (χ4v) is 3.56. The topological polar surface area (TPSA) is 106 Å². The van der Waals surface area contributed by atoms with Gasteiger partial charge in [-0.15, -0.1) is 0 Å². The lowest BCUT2D eigenvalue weighted by Gasteiger charge is -2.12. The van der Waals surface area contributed by atoms with E-state index in [4.69, 9.17) is 9.47 Å². The Bertz CT molecular complexity index is 1550. The lowest BCUT2D eigenvalue weighted by atomic mass is 10.1. The maximum Gasteiger partial charge on any atom is 0.269 e. The van der Waals surface area contributed by atoms with Gasteiger partial charge in [-0.25, -0.2) is 0 Å². The van der Waals surface area contributed by atoms with Crippen molar-refractivity contribution in [2.24, 2.45) is 0 Å². The minimum Gasteiger partial charge on any atom is -0.497 e. The summed E-state index contributed by atoms with van der Waals surface area (Å²) in [4.78, 5) is 30.8. The van der Waals surface area contributed by atoms with E-state index in [0.717, 1.165) is 10.0 Å². The van der Waals surface area contributed by atoms with Gasteiger partial charge in [-0.05, 0) is 61.0 Å². The molecule has 35 heavy (non-hydrogen) atoms. The number of methoxy groups -OCH3 is 1. The van der Waals surface area contributed by atoms with E-state index >= 15 is 0 Å². The highest BCUT2D eigenvalue weighted by Gasteiger charge is 2.18. The number of amides is 1. The van der Waals surface area contributed by atoms with E-state index in [-0.39, 0.29) is 17.0 Å². The zero-order valence-electron chi connectivity index (χ0n) is 18.8. The summed E-state index contributed by atoms with van der Waals surface area (Å²) in [6.45, 7) is 1.82. The molecule has 2 aromatic heterocycles. The molecule has 0 unspecified atom stereocenters. The summed E-state index contributed by atoms with van der Waals surface area (Å²) < 4.78 is 13.3. The number of hydrogen-bond acceptors (Lipinski definition) is 6. The van der Waals surface area contributed by atoms with Crippen LogP contribution in [0.2, 0.25) is 0 Å². The summed E-state index contributed by atoms with van der Waals surface area (Å²) in [5, 5.41) is 12.4. The van der Waals surface area contributed by atoms with Crippen molar-refractivity contribution in [2.75, 3.05) is 12.4 Å². The second-order valence-corrected chi connectivity index (χ2v) is 8.35. The Hall–Kier alpha value is -4.42. The Labute approximate surface area is 209 Å². The zero-order chi connectivity index (χ0) is 24.9. The number of nitriles is 1. The maximum absolute atomic E-state index is 13.4. The number of hydrogen-bond donors (Lipinski definition) is 1. The first kappa shape index (κ1) is 23.7. The van der Waals surface area contributed by atoms with E-state index in [1.54, 1.807) is 60.8 Å². The molecule has 2 aromatic carbocycles. The summed E-state index contributed by atoms with van der Waals surface area (Å²) in [7, 11) is 1.51. The number of halogens is 1. The van der Waals surface area contributed by atoms with E-state index in [0.29, 0.717) is 22.8 Å². The van der Waals surface area contributed by atoms with E-state index in [1.807, 2.05) is 19.1 Å². The first-order chi connectivity index (χ1) is 16.9. The number of ether oxygens (including phenoxy) is 2. The number of pyridine rings is 1. The molecule has 1 N–H and O–H groups in total. The van der Waals surface area contributed by atoms with Crippen LogP contribution >= 0.6 is 15.9 Å². The highest BCUT2D eigenvalue weighted by molar-refractivity contribution is 9.10. The van der Waals surface area contributed by atoms with Gasteiger partial charge >= 0.3 is 0 Å². The molecule has 0 aliphatic heterocycles. The van der Waals surface area contributed by atoms with Gasteiger partial charge in [0.25, 0.3) is 11.5 Å². The Balaban J connectivity index is 1.81. The Morgan fingerprint density at radius 3 is 2.63 bits per heavy atom. The highest BCUT2D eigenvalue weighted by atomic mass is 79.9. The van der Waals surface area contributed by atoms with Gasteiger partial charge in [0.05, 0.1) is 7.11 Å². The molecule has 0 fully saturated rings. The fraction of sp³-hybridized carbons (Fsp3) is 0.0769. The molecule has 0 radical (unpaired) electrons. The first-order valence-corrected chi connectivity index (χ1v) is 11.2. The van der Waals surface area contributed by atoms with Gasteiger partial charge in [0.15, 0.2) is 0 Å². The standard InChI is InChI=1S/C26H19BrN4O4/c1-16-5-4-12-31-23(16)30-25(35-20-10-8-18(27)9-11-20)22(26(31)33)13-17(15-28)24(32)29-19-6-3-7-21(14-19)34-2/h3-14H,1-2H3,(H,29,32)/b17-13-. The monoisotopic (exact) mass is 530 g/mol. The van der Waals surface area contributed by atoms with Crippen molar-refractivity contribution in [3.63, 3.8) is 0 Å². The van der Waals surface area contributed by atoms with Crippen LogP contribution in [0.4, 0.5) is 5.69 Å². The number of carbonyl (C=O) groups is 1. The maximum atomic E-state index is 13.4. The van der Waals surface area contributed by atoms with Gasteiger partial charge in [0.2, 0.25) is 5.88 Å². The van der Waals surface area contributed by atoms with Gasteiger partial charge in [-0.3, -0.25) is 14.0 Å². The number of anilines is 1. The van der Waals surface area contributed by atoms with E-state index in [1.165, 1.54) is 17.6 Å². The molecule has 4 aromatic rings. The average Bonchev–Trinajstić information content (AvgIpc) is 2.86. The van der Waals surface area contributed by atoms with Crippen LogP contribution in [0, 0.1) is 18.3 Å². The third kappa shape index (κ3) is 5.23. The minimum atomic E-state index is -0.691. The Morgan fingerprint density at radius 2 is 1.91 bits per heavy atom. The Kier molecular flexibility index (Phi) is 6.94. The lowest BCUT2D eigenvalue weighted by molar-refractivity contribution is -0.112. The van der Waals surface area contributed by atoms with Crippen molar-refractivity contribution in [3.05, 3.63) is 98.4 Å². The SMILES string of the molecule is COc1cccc(NC(=O)/C(C#N)=C\c2c(Oc3ccc(Br)cc3)nc3c(C)cccn3c2=O)c1. The predicted octanol–water partition coefficient (Wildman–Crippen LogP) is 5.11. The molecule has 0 saturated heterocycles. The second kappa shape index (κ2) is 10.2. The number of aryl methyl sites for hydroxylation is 1. The van der Waals surface area contributed by atoms with Crippen LogP contribution in [0.3, 0.4) is 0 Å². The number of carbonyl (C=O) groups excluding carboxylic acids is 1. The summed E-state index contributed by atoms with van der Waals surface area (Å²) >= 11 is 3.37. The normalized spacial score (nSPS) is 11.1. The lowest BCUT2D eigenvalue weighted by Crippen LogP contribution is -2.20. The molecule has 8 nitrogen and oxygen atoms in total. The number of benzene rings is 2. The second-order valence-electron chi connectivity index (χ2n) is 7.43. The van der Waals surface area contributed by atoms with Crippen LogP contribution in [0.5, 0.6) is 17.4 Å². The van der Waals surface area contributed by atoms with Crippen molar-refractivity contribution in [3.8, 4) is 23.4 Å². The van der Waals surface area contributed by atoms with Crippen LogP contribution in [-0.4, -0.2) is 22.4 Å². The molecule has 0 atom stereocenters. The van der Waals surface area contributed by atoms with Crippen molar-refractivity contribution in [1.82, 2.24) is 9.38 Å². The van der Waals surface area contributed by atoms with Crippen molar-refractivity contribution in [2.45, 2.75) is 6.92 Å². The molecule has 0 saturated carbocycles. The number of nitrogens with zero attached hydrogens (tertiary/aromatic N) is 3. The van der Waals surface area contributed by atoms with Crippen LogP contribution in [0.1, 0.15) is 11.1 Å². The van der Waals surface area contributed by atoms with Crippen LogP contribution in [-0.2, 0) is 4.79 Å². The van der Waals surface area contributed by atoms with Crippen molar-refractivity contribution in [1.29, 1.82) is 5.26 Å². The van der Waals surface area contributed by atoms with E-state index in [9.17, 15) is 14.9 Å². The quantitative estimate of drug-likeness (QED) is 0.274. The predicted molar refractivity (Wildman–Crippen MR) is 136 cm³/mol. The first-order valence-electron chi connectivity index (χ1n) is 10.4. The molecule has 0 aliphatic rings. The number of rotatable bonds is 6. The smallest absolute Gasteiger partial charge is 0.269 e. The van der Waals surface area contributed by atoms with Crippen LogP contribution in [0.15, 0.2) is 81.7 Å². The molecule has 174 valence electrons. The van der Waals surface area contributed by atoms with Gasteiger partial charge in [0.1, 0.15) is 34.4 Å². The molecular formula is C26H19BrN4O4. The average molecular weight is 531 g/mol. The summed E-state index contributed by atoms with van der Waals surface area (Å²) in [5.74, 6) is 0.271. The molecular weight excluding hydrogens is 512 g/mol. The zero-order valence-corrected chi connectivity index (χ0v) is 20.4. The fourth-order valence-electron chi connectivity index (χ4n) is 3.30. The number of nitrogens with one attached hydrogen (secondary N) is 1. The summed E-state index contributed by atoms with van der Waals surface area (Å²) in [6, 6.07) is 19.1. The Morgan fingerprint density at radius 1 is 1.14 bits per heavy atom. The van der Waals surface area contributed by atoms with Gasteiger partial charge in [-0.2, -0.15) is 10.2 Å². The number of aromatic nitrogens is 2. The highest BCUT2D eigenvalue weighted by Crippen LogP contribution is 2.26. The minimum absolute atomic E-state index is 0.0199. The van der Waals surface area contributed by atoms with Crippen molar-refractivity contribution < 1.29 is 14.3 Å². The van der Waals surface area contributed by atoms with Crippen molar-refractivity contribution >= 4 is 39.2 Å². The van der Waals surface area contributed by atoms with Gasteiger partial charge in [0, 0.05) is 22.4 Å². The molecule has 1 amide bonds. The summed E-state index contributed by atoms with van der Waals surface area (Å²) in [5.41, 5.74) is 0.796. The molecule has 0 spiro atoms. The molecule has 9 heteroatoms. The third-order valence-electron chi connectivity index (χ3n) is 5.06. The largest absolute Gasteiger partial charge is 0.497 e. The van der Waals surface area contributed by atoms with E-state index < -0.39 is 11.5 Å². The summed E-state index contributed by atoms with van der Waals surface area (Å²) in [6.07, 6.45) is 2.76. The van der Waals surface area contributed by atoms with Crippen LogP contribution < -0.4 is 20.3 Å². The number of fused-ring (bicyclic) bond motifs is 1. The molecule has 0 bridgehead atoms. The molecule has 0 aliphatic carbocycles. The molecule has 4 rings (SSSR count). The van der Waals surface area contributed by atoms with Crippen LogP contribution in [0.25, 0.3) is 11.7 Å².